The molecule has 15 nitrogen and oxygen atoms in total. The maximum atomic E-state index is 13.8. The number of halogens is 3. The first-order chi connectivity index (χ1) is 21.5. The van der Waals surface area contributed by atoms with E-state index >= 15 is 0 Å². The quantitative estimate of drug-likeness (QED) is 0.0170. The van der Waals surface area contributed by atoms with Crippen molar-refractivity contribution in [2.75, 3.05) is 5.32 Å². The number of nitrogens with zero attached hydrogens (tertiary/aromatic N) is 4. The molecule has 21 heteroatoms. The lowest BCUT2D eigenvalue weighted by molar-refractivity contribution is -0.432. The highest BCUT2D eigenvalue weighted by Crippen LogP contribution is 2.45. The molecule has 0 fully saturated rings. The van der Waals surface area contributed by atoms with Gasteiger partial charge in [0.25, 0.3) is 10.1 Å². The van der Waals surface area contributed by atoms with E-state index in [0.717, 1.165) is 0 Å². The molecule has 0 aliphatic heterocycles. The van der Waals surface area contributed by atoms with Crippen LogP contribution in [0.2, 0.25) is 5.02 Å². The number of anilines is 2. The van der Waals surface area contributed by atoms with Crippen LogP contribution in [0, 0.1) is 12.0 Å². The SMILES string of the molecule is O=S(=O)(O)c1c(N=Nc2c(SOOO)cc3cc(Nc4nc(F)nc(F)c4Cl)ccc3c2O)ccc2c(SOOO)cccc12. The molecule has 45 heavy (non-hydrogen) atoms. The van der Waals surface area contributed by atoms with Gasteiger partial charge in [-0.05, 0) is 47.2 Å². The van der Waals surface area contributed by atoms with E-state index in [-0.39, 0.29) is 43.9 Å². The fourth-order valence-electron chi connectivity index (χ4n) is 4.12. The molecule has 0 unspecified atom stereocenters. The summed E-state index contributed by atoms with van der Waals surface area (Å²) in [7, 11) is -4.91. The van der Waals surface area contributed by atoms with Gasteiger partial charge in [-0.25, -0.2) is 10.5 Å². The summed E-state index contributed by atoms with van der Waals surface area (Å²) in [5.74, 6) is -2.14. The molecule has 0 radical (unpaired) electrons. The first-order valence-electron chi connectivity index (χ1n) is 11.7. The van der Waals surface area contributed by atoms with E-state index in [2.05, 4.69) is 44.3 Å². The number of phenols is 1. The predicted molar refractivity (Wildman–Crippen MR) is 155 cm³/mol. The molecule has 4 aromatic carbocycles. The lowest BCUT2D eigenvalue weighted by Gasteiger charge is -2.12. The van der Waals surface area contributed by atoms with Crippen molar-refractivity contribution in [1.29, 1.82) is 0 Å². The second-order valence-electron chi connectivity index (χ2n) is 8.47. The third-order valence-electron chi connectivity index (χ3n) is 5.87. The molecule has 0 aliphatic carbocycles. The summed E-state index contributed by atoms with van der Waals surface area (Å²) in [5.41, 5.74) is -0.372. The van der Waals surface area contributed by atoms with Gasteiger partial charge in [-0.1, -0.05) is 39.9 Å². The van der Waals surface area contributed by atoms with Crippen molar-refractivity contribution in [3.8, 4) is 5.75 Å². The zero-order chi connectivity index (χ0) is 32.3. The summed E-state index contributed by atoms with van der Waals surface area (Å²) >= 11 is 6.77. The van der Waals surface area contributed by atoms with Crippen LogP contribution in [0.15, 0.2) is 79.5 Å². The standard InChI is InChI=1S/C24H14ClF2N5O10S3/c25-18-22(26)29-24(27)30-23(18)28-11-4-5-12-10(8-11)9-17(44-42-40-35)19(20(12)33)32-31-15-7-6-13-14(21(15)45(36,37)38)2-1-3-16(13)43-41-39-34/h1-9,33-35H,(H,28,29,30)(H,36,37,38). The van der Waals surface area contributed by atoms with Crippen LogP contribution in [-0.2, 0) is 28.9 Å². The molecular weight excluding hydrogens is 688 g/mol. The highest BCUT2D eigenvalue weighted by Gasteiger charge is 2.22. The van der Waals surface area contributed by atoms with Crippen molar-refractivity contribution in [3.05, 3.63) is 71.6 Å². The maximum absolute atomic E-state index is 13.8. The summed E-state index contributed by atoms with van der Waals surface area (Å²) in [6.45, 7) is 0. The van der Waals surface area contributed by atoms with Crippen LogP contribution in [0.4, 0.5) is 31.7 Å². The number of azo groups is 1. The van der Waals surface area contributed by atoms with E-state index in [1.807, 2.05) is 0 Å². The third kappa shape index (κ3) is 7.05. The molecule has 0 spiro atoms. The maximum Gasteiger partial charge on any atom is 0.313 e. The number of benzene rings is 4. The highest BCUT2D eigenvalue weighted by atomic mass is 35.5. The normalized spacial score (nSPS) is 12.0. The highest BCUT2D eigenvalue weighted by molar-refractivity contribution is 7.95. The van der Waals surface area contributed by atoms with E-state index in [1.54, 1.807) is 0 Å². The smallest absolute Gasteiger partial charge is 0.313 e. The van der Waals surface area contributed by atoms with Crippen molar-refractivity contribution in [2.24, 2.45) is 10.2 Å². The number of aromatic hydroxyl groups is 1. The topological polar surface area (TPSA) is 215 Å². The van der Waals surface area contributed by atoms with Crippen LogP contribution in [0.3, 0.4) is 0 Å². The largest absolute Gasteiger partial charge is 0.505 e. The molecule has 0 atom stereocenters. The van der Waals surface area contributed by atoms with E-state index < -0.39 is 37.8 Å². The minimum atomic E-state index is -4.91. The van der Waals surface area contributed by atoms with Gasteiger partial charge in [0, 0.05) is 21.4 Å². The fourth-order valence-corrected chi connectivity index (χ4v) is 6.08. The van der Waals surface area contributed by atoms with Crippen molar-refractivity contribution >= 4 is 90.2 Å². The van der Waals surface area contributed by atoms with Gasteiger partial charge in [0.2, 0.25) is 5.95 Å². The molecule has 5 aromatic rings. The van der Waals surface area contributed by atoms with Crippen molar-refractivity contribution in [2.45, 2.75) is 14.7 Å². The van der Waals surface area contributed by atoms with E-state index in [9.17, 15) is 26.9 Å². The molecule has 1 aromatic heterocycles. The van der Waals surface area contributed by atoms with Crippen LogP contribution in [0.5, 0.6) is 5.75 Å². The second-order valence-corrected chi connectivity index (χ2v) is 11.7. The molecule has 0 saturated carbocycles. The van der Waals surface area contributed by atoms with Gasteiger partial charge in [0.15, 0.2) is 11.6 Å². The van der Waals surface area contributed by atoms with Crippen molar-refractivity contribution in [3.63, 3.8) is 0 Å². The lowest BCUT2D eigenvalue weighted by Crippen LogP contribution is -2.02. The van der Waals surface area contributed by atoms with E-state index in [1.165, 1.54) is 54.6 Å². The summed E-state index contributed by atoms with van der Waals surface area (Å²) in [6, 6.07) is 12.7. The Morgan fingerprint density at radius 3 is 2.31 bits per heavy atom. The van der Waals surface area contributed by atoms with Gasteiger partial charge in [-0.15, -0.1) is 18.9 Å². The van der Waals surface area contributed by atoms with Gasteiger partial charge in [-0.3, -0.25) is 4.55 Å². The van der Waals surface area contributed by atoms with Crippen LogP contribution < -0.4 is 5.32 Å². The molecule has 234 valence electrons. The molecule has 0 aliphatic rings. The molecule has 0 amide bonds. The van der Waals surface area contributed by atoms with Crippen LogP contribution in [-0.4, -0.2) is 38.6 Å². The average Bonchev–Trinajstić information content (AvgIpc) is 3.00. The average molecular weight is 702 g/mol. The molecule has 0 saturated heterocycles. The molecule has 5 N–H and O–H groups in total. The Kier molecular flexibility index (Phi) is 9.91. The summed E-state index contributed by atoms with van der Waals surface area (Å²) < 4.78 is 71.2. The lowest BCUT2D eigenvalue weighted by atomic mass is 10.1. The zero-order valence-corrected chi connectivity index (χ0v) is 24.8. The number of fused-ring (bicyclic) bond motifs is 2. The number of aromatic nitrogens is 2. The molecular formula is C24H14ClF2N5O10S3. The Morgan fingerprint density at radius 1 is 0.889 bits per heavy atom. The van der Waals surface area contributed by atoms with Crippen molar-refractivity contribution < 1.29 is 56.1 Å². The minimum Gasteiger partial charge on any atom is -0.505 e. The fraction of sp³-hybridized carbons (Fsp3) is 0. The van der Waals surface area contributed by atoms with Gasteiger partial charge < -0.3 is 10.4 Å². The Bertz CT molecular complexity index is 2080. The Labute approximate surface area is 263 Å². The second kappa shape index (κ2) is 13.7. The molecule has 1 heterocycles. The third-order valence-corrected chi connectivity index (χ3v) is 8.44. The summed E-state index contributed by atoms with van der Waals surface area (Å²) in [5, 5.41) is 46.3. The van der Waals surface area contributed by atoms with Gasteiger partial charge >= 0.3 is 6.08 Å². The van der Waals surface area contributed by atoms with Crippen LogP contribution >= 0.6 is 35.7 Å². The number of hydrogen-bond donors (Lipinski definition) is 5. The van der Waals surface area contributed by atoms with Crippen molar-refractivity contribution in [1.82, 2.24) is 9.97 Å². The van der Waals surface area contributed by atoms with Crippen LogP contribution in [0.25, 0.3) is 21.5 Å². The Morgan fingerprint density at radius 2 is 1.60 bits per heavy atom. The van der Waals surface area contributed by atoms with E-state index in [4.69, 9.17) is 22.1 Å². The number of nitrogens with one attached hydrogen (secondary N) is 1. The minimum absolute atomic E-state index is 0.0124. The number of phenolic OH excluding ortho intramolecular Hbond substituents is 1. The van der Waals surface area contributed by atoms with Gasteiger partial charge in [0.05, 0.1) is 29.0 Å². The van der Waals surface area contributed by atoms with Gasteiger partial charge in [0.1, 0.15) is 21.3 Å². The molecule has 0 bridgehead atoms. The van der Waals surface area contributed by atoms with Gasteiger partial charge in [-0.2, -0.15) is 27.2 Å². The first-order valence-corrected chi connectivity index (χ1v) is 15.0. The Hall–Kier alpha value is -3.80. The van der Waals surface area contributed by atoms with E-state index in [0.29, 0.717) is 34.4 Å². The summed E-state index contributed by atoms with van der Waals surface area (Å²) in [4.78, 5) is 5.98. The zero-order valence-electron chi connectivity index (χ0n) is 21.6. The Balaban J connectivity index is 1.60. The summed E-state index contributed by atoms with van der Waals surface area (Å²) in [6.07, 6.45) is -1.36. The number of hydrogen-bond acceptors (Lipinski definition) is 16. The van der Waals surface area contributed by atoms with Crippen LogP contribution in [0.1, 0.15) is 0 Å². The predicted octanol–water partition coefficient (Wildman–Crippen LogP) is 7.68. The number of rotatable bonds is 11. The monoisotopic (exact) mass is 701 g/mol. The first kappa shape index (κ1) is 32.6. The molecule has 5 rings (SSSR count).